The third-order valence-corrected chi connectivity index (χ3v) is 0.532. The second kappa shape index (κ2) is 2.87. The van der Waals surface area contributed by atoms with E-state index >= 15 is 0 Å². The molecule has 0 aliphatic rings. The zero-order valence-corrected chi connectivity index (χ0v) is 5.64. The van der Waals surface area contributed by atoms with Gasteiger partial charge in [0.1, 0.15) is 0 Å². The molecule has 0 rings (SSSR count). The molecule has 0 saturated carbocycles. The van der Waals surface area contributed by atoms with Gasteiger partial charge < -0.3 is 10.7 Å². The van der Waals surface area contributed by atoms with Crippen molar-refractivity contribution in [3.8, 4) is 0 Å². The smallest absolute Gasteiger partial charge is 0.0930 e. The fourth-order valence-electron chi connectivity index (χ4n) is 0.195. The molecule has 0 aliphatic carbocycles. The lowest BCUT2D eigenvalue weighted by molar-refractivity contribution is 0.483. The zero-order chi connectivity index (χ0) is 5.86. The van der Waals surface area contributed by atoms with E-state index < -0.39 is 0 Å². The number of nitrogens with two attached hydrogens (primary N) is 2. The van der Waals surface area contributed by atoms with Crippen LogP contribution >= 0.6 is 15.9 Å². The highest BCUT2D eigenvalue weighted by atomic mass is 79.9. The fourth-order valence-corrected chi connectivity index (χ4v) is 0.518. The average Bonchev–Trinajstić information content (AvgIpc) is 1.27. The van der Waals surface area contributed by atoms with E-state index in [1.54, 1.807) is 13.2 Å². The Morgan fingerprint density at radius 2 is 2.29 bits per heavy atom. The molecule has 0 spiro atoms. The summed E-state index contributed by atoms with van der Waals surface area (Å²) in [4.78, 5) is 0. The van der Waals surface area contributed by atoms with Gasteiger partial charge in [0.05, 0.1) is 4.61 Å². The van der Waals surface area contributed by atoms with Crippen LogP contribution in [0.5, 0.6) is 0 Å². The van der Waals surface area contributed by atoms with Gasteiger partial charge in [0.25, 0.3) is 0 Å². The minimum Gasteiger partial charge on any atom is -0.392 e. The topological polar surface area (TPSA) is 55.3 Å². The van der Waals surface area contributed by atoms with Gasteiger partial charge in [0, 0.05) is 13.2 Å². The van der Waals surface area contributed by atoms with E-state index in [4.69, 9.17) is 11.6 Å². The van der Waals surface area contributed by atoms with Crippen molar-refractivity contribution in [1.29, 1.82) is 0 Å². The molecular formula is C3H8BrN3. The summed E-state index contributed by atoms with van der Waals surface area (Å²) in [6.07, 6.45) is 1.56. The Balaban J connectivity index is 3.45. The summed E-state index contributed by atoms with van der Waals surface area (Å²) >= 11 is 2.99. The molecule has 7 heavy (non-hydrogen) atoms. The third kappa shape index (κ3) is 5.78. The van der Waals surface area contributed by atoms with Crippen LogP contribution in [0.2, 0.25) is 0 Å². The van der Waals surface area contributed by atoms with Crippen molar-refractivity contribution in [3.05, 3.63) is 10.8 Å². The Morgan fingerprint density at radius 3 is 2.29 bits per heavy atom. The highest BCUT2D eigenvalue weighted by Gasteiger charge is 1.78. The maximum absolute atomic E-state index is 5.15. The molecule has 0 unspecified atom stereocenters. The minimum absolute atomic E-state index is 0.525. The molecule has 4 heteroatoms. The molecule has 0 aromatic heterocycles. The molecule has 0 amide bonds. The molecule has 0 heterocycles. The van der Waals surface area contributed by atoms with Crippen LogP contribution in [0, 0.1) is 0 Å². The Hall–Kier alpha value is -0.220. The Bertz CT molecular complexity index is 74.2. The normalized spacial score (nSPS) is 11.6. The summed E-state index contributed by atoms with van der Waals surface area (Å²) in [6.45, 7) is 0. The summed E-state index contributed by atoms with van der Waals surface area (Å²) < 4.78 is 0.525. The highest BCUT2D eigenvalue weighted by molar-refractivity contribution is 9.11. The minimum atomic E-state index is 0.525. The molecule has 3 nitrogen and oxygen atoms in total. The highest BCUT2D eigenvalue weighted by Crippen LogP contribution is 1.91. The summed E-state index contributed by atoms with van der Waals surface area (Å²) in [7, 11) is 1.69. The van der Waals surface area contributed by atoms with Gasteiger partial charge in [-0.25, -0.2) is 5.84 Å². The van der Waals surface area contributed by atoms with E-state index in [2.05, 4.69) is 15.9 Å². The number of nitrogens with zero attached hydrogens (tertiary/aromatic N) is 1. The molecule has 0 saturated heterocycles. The van der Waals surface area contributed by atoms with Gasteiger partial charge in [-0.2, -0.15) is 0 Å². The largest absolute Gasteiger partial charge is 0.392 e. The first-order chi connectivity index (χ1) is 3.13. The van der Waals surface area contributed by atoms with Gasteiger partial charge in [0.2, 0.25) is 0 Å². The lowest BCUT2D eigenvalue weighted by atomic mass is 10.9. The van der Waals surface area contributed by atoms with Crippen molar-refractivity contribution in [1.82, 2.24) is 5.01 Å². The van der Waals surface area contributed by atoms with Crippen molar-refractivity contribution in [2.75, 3.05) is 7.05 Å². The van der Waals surface area contributed by atoms with E-state index in [0.717, 1.165) is 0 Å². The van der Waals surface area contributed by atoms with Crippen molar-refractivity contribution < 1.29 is 0 Å². The van der Waals surface area contributed by atoms with Gasteiger partial charge in [-0.05, 0) is 15.9 Å². The predicted molar refractivity (Wildman–Crippen MR) is 33.1 cm³/mol. The zero-order valence-electron chi connectivity index (χ0n) is 4.06. The number of hydrogen-bond donors (Lipinski definition) is 2. The SMILES string of the molecule is CN(N)/C=C(\N)Br. The molecule has 42 valence electrons. The van der Waals surface area contributed by atoms with Crippen LogP contribution in [0.3, 0.4) is 0 Å². The van der Waals surface area contributed by atoms with Crippen LogP contribution in [0.25, 0.3) is 0 Å². The van der Waals surface area contributed by atoms with Gasteiger partial charge in [-0.3, -0.25) is 0 Å². The quantitative estimate of drug-likeness (QED) is 0.326. The Labute approximate surface area is 51.1 Å². The lowest BCUT2D eigenvalue weighted by Gasteiger charge is -2.02. The first-order valence-electron chi connectivity index (χ1n) is 1.73. The van der Waals surface area contributed by atoms with E-state index in [1.807, 2.05) is 0 Å². The van der Waals surface area contributed by atoms with E-state index in [-0.39, 0.29) is 0 Å². The van der Waals surface area contributed by atoms with Gasteiger partial charge >= 0.3 is 0 Å². The maximum atomic E-state index is 5.15. The number of hydrazine groups is 1. The predicted octanol–water partition coefficient (Wildman–Crippen LogP) is -0.0556. The van der Waals surface area contributed by atoms with E-state index in [0.29, 0.717) is 4.61 Å². The van der Waals surface area contributed by atoms with Crippen LogP contribution in [-0.4, -0.2) is 12.1 Å². The molecule has 0 aromatic rings. The van der Waals surface area contributed by atoms with Gasteiger partial charge in [-0.1, -0.05) is 0 Å². The molecule has 0 bridgehead atoms. The molecule has 0 fully saturated rings. The average molecular weight is 166 g/mol. The molecule has 0 radical (unpaired) electrons. The Kier molecular flexibility index (Phi) is 2.78. The summed E-state index contributed by atoms with van der Waals surface area (Å²) in [5.74, 6) is 5.14. The van der Waals surface area contributed by atoms with Crippen molar-refractivity contribution in [2.24, 2.45) is 11.6 Å². The van der Waals surface area contributed by atoms with Gasteiger partial charge in [-0.15, -0.1) is 0 Å². The van der Waals surface area contributed by atoms with E-state index in [1.165, 1.54) is 5.01 Å². The van der Waals surface area contributed by atoms with E-state index in [9.17, 15) is 0 Å². The molecule has 0 aromatic carbocycles. The lowest BCUT2D eigenvalue weighted by Crippen LogP contribution is -2.19. The van der Waals surface area contributed by atoms with Crippen LogP contribution in [-0.2, 0) is 0 Å². The van der Waals surface area contributed by atoms with Crippen molar-refractivity contribution in [2.45, 2.75) is 0 Å². The first-order valence-corrected chi connectivity index (χ1v) is 2.52. The van der Waals surface area contributed by atoms with Crippen molar-refractivity contribution >= 4 is 15.9 Å². The Morgan fingerprint density at radius 1 is 1.86 bits per heavy atom. The molecule has 0 atom stereocenters. The maximum Gasteiger partial charge on any atom is 0.0930 e. The second-order valence-electron chi connectivity index (χ2n) is 1.18. The van der Waals surface area contributed by atoms with Gasteiger partial charge in [0.15, 0.2) is 0 Å². The summed E-state index contributed by atoms with van der Waals surface area (Å²) in [5.41, 5.74) is 5.15. The van der Waals surface area contributed by atoms with Crippen LogP contribution < -0.4 is 11.6 Å². The number of hydrogen-bond acceptors (Lipinski definition) is 3. The molecule has 4 N–H and O–H groups in total. The van der Waals surface area contributed by atoms with Crippen LogP contribution in [0.15, 0.2) is 10.8 Å². The number of rotatable bonds is 1. The third-order valence-electron chi connectivity index (χ3n) is 0.327. The fraction of sp³-hybridized carbons (Fsp3) is 0.333. The standard InChI is InChI=1S/C3H8BrN3/c1-7(6)2-3(4)5/h2H,5-6H2,1H3/b3-2-. The summed E-state index contributed by atoms with van der Waals surface area (Å²) in [5, 5.41) is 1.37. The summed E-state index contributed by atoms with van der Waals surface area (Å²) in [6, 6.07) is 0. The second-order valence-corrected chi connectivity index (χ2v) is 2.10. The molecular weight excluding hydrogens is 158 g/mol. The molecule has 0 aliphatic heterocycles. The van der Waals surface area contributed by atoms with Crippen LogP contribution in [0.4, 0.5) is 0 Å². The number of halogens is 1. The first kappa shape index (κ1) is 6.78. The van der Waals surface area contributed by atoms with Crippen molar-refractivity contribution in [3.63, 3.8) is 0 Å². The van der Waals surface area contributed by atoms with Crippen LogP contribution in [0.1, 0.15) is 0 Å². The monoisotopic (exact) mass is 165 g/mol.